The highest BCUT2D eigenvalue weighted by molar-refractivity contribution is 6.20. The number of aliphatic carboxylic acids is 1. The van der Waals surface area contributed by atoms with Crippen LogP contribution in [0.15, 0.2) is 18.2 Å². The number of rotatable bonds is 2. The average molecular weight is 250 g/mol. The van der Waals surface area contributed by atoms with Crippen molar-refractivity contribution in [2.24, 2.45) is 0 Å². The number of hydrogen-bond donors (Lipinski definition) is 2. The molecule has 94 valence electrons. The molecule has 0 fully saturated rings. The SMILES string of the molecule is Nc1ccc2c(c1)N(C(=O)CC(=O)O)C(=O)CO2. The third-order valence-corrected chi connectivity index (χ3v) is 2.38. The minimum atomic E-state index is -1.30. The van der Waals surface area contributed by atoms with Gasteiger partial charge in [0.05, 0.1) is 5.69 Å². The summed E-state index contributed by atoms with van der Waals surface area (Å²) in [6.45, 7) is -0.303. The number of fused-ring (bicyclic) bond motifs is 1. The Kier molecular flexibility index (Phi) is 2.88. The molecule has 1 heterocycles. The molecule has 0 saturated carbocycles. The summed E-state index contributed by atoms with van der Waals surface area (Å²) in [5.41, 5.74) is 6.10. The van der Waals surface area contributed by atoms with Crippen LogP contribution in [0.2, 0.25) is 0 Å². The Hall–Kier alpha value is -2.57. The van der Waals surface area contributed by atoms with Crippen molar-refractivity contribution in [2.75, 3.05) is 17.2 Å². The molecule has 0 aromatic heterocycles. The lowest BCUT2D eigenvalue weighted by Gasteiger charge is -2.27. The summed E-state index contributed by atoms with van der Waals surface area (Å²) in [4.78, 5) is 34.7. The van der Waals surface area contributed by atoms with E-state index in [9.17, 15) is 14.4 Å². The predicted octanol–water partition coefficient (Wildman–Crippen LogP) is -0.00450. The molecule has 7 heteroatoms. The van der Waals surface area contributed by atoms with E-state index < -0.39 is 24.2 Å². The maximum atomic E-state index is 11.7. The van der Waals surface area contributed by atoms with Gasteiger partial charge in [0, 0.05) is 5.69 Å². The lowest BCUT2D eigenvalue weighted by molar-refractivity contribution is -0.140. The molecule has 0 atom stereocenters. The van der Waals surface area contributed by atoms with Gasteiger partial charge in [-0.1, -0.05) is 0 Å². The van der Waals surface area contributed by atoms with Crippen LogP contribution in [0, 0.1) is 0 Å². The van der Waals surface area contributed by atoms with Crippen molar-refractivity contribution < 1.29 is 24.2 Å². The number of carboxylic acids is 1. The number of anilines is 2. The normalized spacial score (nSPS) is 13.8. The molecule has 0 radical (unpaired) electrons. The van der Waals surface area contributed by atoms with Gasteiger partial charge in [0.2, 0.25) is 5.91 Å². The summed E-state index contributed by atoms with van der Waals surface area (Å²) >= 11 is 0. The van der Waals surface area contributed by atoms with Crippen LogP contribution in [0.25, 0.3) is 0 Å². The van der Waals surface area contributed by atoms with Gasteiger partial charge in [0.15, 0.2) is 6.61 Å². The molecule has 0 spiro atoms. The molecule has 0 aliphatic carbocycles. The van der Waals surface area contributed by atoms with Gasteiger partial charge in [0.1, 0.15) is 12.2 Å². The van der Waals surface area contributed by atoms with Crippen LogP contribution in [0.1, 0.15) is 6.42 Å². The fourth-order valence-corrected chi connectivity index (χ4v) is 1.65. The Bertz CT molecular complexity index is 540. The second kappa shape index (κ2) is 4.36. The van der Waals surface area contributed by atoms with E-state index in [0.29, 0.717) is 11.4 Å². The van der Waals surface area contributed by atoms with Gasteiger partial charge >= 0.3 is 5.97 Å². The Morgan fingerprint density at radius 2 is 2.17 bits per heavy atom. The molecule has 7 nitrogen and oxygen atoms in total. The van der Waals surface area contributed by atoms with Gasteiger partial charge in [-0.3, -0.25) is 14.4 Å². The standard InChI is InChI=1S/C11H10N2O5/c12-6-1-2-8-7(3-6)13(10(15)5-18-8)9(14)4-11(16)17/h1-3H,4-5,12H2,(H,16,17). The number of imide groups is 1. The Labute approximate surface area is 102 Å². The van der Waals surface area contributed by atoms with E-state index >= 15 is 0 Å². The van der Waals surface area contributed by atoms with Crippen LogP contribution in [0.3, 0.4) is 0 Å². The molecular weight excluding hydrogens is 240 g/mol. The predicted molar refractivity (Wildman–Crippen MR) is 61.1 cm³/mol. The first kappa shape index (κ1) is 11.9. The highest BCUT2D eigenvalue weighted by Gasteiger charge is 2.31. The Morgan fingerprint density at radius 3 is 2.83 bits per heavy atom. The zero-order valence-electron chi connectivity index (χ0n) is 9.25. The van der Waals surface area contributed by atoms with E-state index in [1.54, 1.807) is 6.07 Å². The Morgan fingerprint density at radius 1 is 1.44 bits per heavy atom. The minimum Gasteiger partial charge on any atom is -0.482 e. The zero-order valence-corrected chi connectivity index (χ0v) is 9.25. The largest absolute Gasteiger partial charge is 0.482 e. The second-order valence-corrected chi connectivity index (χ2v) is 3.71. The number of nitrogens with two attached hydrogens (primary N) is 1. The zero-order chi connectivity index (χ0) is 13.3. The number of hydrogen-bond acceptors (Lipinski definition) is 5. The Balaban J connectivity index is 2.41. The molecule has 0 saturated heterocycles. The van der Waals surface area contributed by atoms with Crippen molar-refractivity contribution in [2.45, 2.75) is 6.42 Å². The summed E-state index contributed by atoms with van der Waals surface area (Å²) in [5, 5.41) is 8.59. The first-order valence-electron chi connectivity index (χ1n) is 5.09. The van der Waals surface area contributed by atoms with Crippen LogP contribution in [0.4, 0.5) is 11.4 Å². The third-order valence-electron chi connectivity index (χ3n) is 2.38. The number of benzene rings is 1. The highest BCUT2D eigenvalue weighted by Crippen LogP contribution is 2.34. The van der Waals surface area contributed by atoms with E-state index in [0.717, 1.165) is 4.90 Å². The summed E-state index contributed by atoms with van der Waals surface area (Å²) in [6.07, 6.45) is -0.764. The van der Waals surface area contributed by atoms with E-state index in [2.05, 4.69) is 0 Å². The van der Waals surface area contributed by atoms with Crippen LogP contribution in [0.5, 0.6) is 5.75 Å². The summed E-state index contributed by atoms with van der Waals surface area (Å²) in [5.74, 6) is -2.41. The first-order chi connectivity index (χ1) is 8.49. The fraction of sp³-hybridized carbons (Fsp3) is 0.182. The van der Waals surface area contributed by atoms with E-state index in [4.69, 9.17) is 15.6 Å². The molecule has 2 amide bonds. The maximum Gasteiger partial charge on any atom is 0.312 e. The number of carboxylic acid groups (broad SMARTS) is 1. The lowest BCUT2D eigenvalue weighted by atomic mass is 10.2. The van der Waals surface area contributed by atoms with Crippen molar-refractivity contribution in [3.8, 4) is 5.75 Å². The summed E-state index contributed by atoms with van der Waals surface area (Å²) in [7, 11) is 0. The van der Waals surface area contributed by atoms with Crippen molar-refractivity contribution in [1.82, 2.24) is 0 Å². The molecule has 3 N–H and O–H groups in total. The molecule has 1 aromatic rings. The van der Waals surface area contributed by atoms with E-state index in [1.165, 1.54) is 12.1 Å². The molecule has 1 aromatic carbocycles. The molecule has 18 heavy (non-hydrogen) atoms. The van der Waals surface area contributed by atoms with Crippen molar-refractivity contribution >= 4 is 29.2 Å². The van der Waals surface area contributed by atoms with Crippen LogP contribution in [-0.4, -0.2) is 29.5 Å². The molecule has 2 rings (SSSR count). The van der Waals surface area contributed by atoms with E-state index in [-0.39, 0.29) is 12.3 Å². The smallest absolute Gasteiger partial charge is 0.312 e. The first-order valence-corrected chi connectivity index (χ1v) is 5.09. The topological polar surface area (TPSA) is 110 Å². The van der Waals surface area contributed by atoms with Crippen molar-refractivity contribution in [3.63, 3.8) is 0 Å². The number of nitrogens with zero attached hydrogens (tertiary/aromatic N) is 1. The number of ether oxygens (including phenoxy) is 1. The van der Waals surface area contributed by atoms with Crippen LogP contribution in [-0.2, 0) is 14.4 Å². The second-order valence-electron chi connectivity index (χ2n) is 3.71. The lowest BCUT2D eigenvalue weighted by Crippen LogP contribution is -2.43. The molecule has 1 aliphatic rings. The maximum absolute atomic E-state index is 11.7. The van der Waals surface area contributed by atoms with Crippen molar-refractivity contribution in [3.05, 3.63) is 18.2 Å². The monoisotopic (exact) mass is 250 g/mol. The van der Waals surface area contributed by atoms with Gasteiger partial charge < -0.3 is 15.6 Å². The van der Waals surface area contributed by atoms with Crippen LogP contribution < -0.4 is 15.4 Å². The third kappa shape index (κ3) is 2.10. The van der Waals surface area contributed by atoms with Crippen LogP contribution >= 0.6 is 0 Å². The number of carbonyl (C=O) groups is 3. The van der Waals surface area contributed by atoms with Gasteiger partial charge in [-0.2, -0.15) is 0 Å². The molecule has 1 aliphatic heterocycles. The van der Waals surface area contributed by atoms with Gasteiger partial charge in [-0.05, 0) is 18.2 Å². The minimum absolute atomic E-state index is 0.178. The molecule has 0 bridgehead atoms. The highest BCUT2D eigenvalue weighted by atomic mass is 16.5. The molecule has 0 unspecified atom stereocenters. The van der Waals surface area contributed by atoms with Gasteiger partial charge in [0.25, 0.3) is 5.91 Å². The molecular formula is C11H10N2O5. The number of carbonyl (C=O) groups excluding carboxylic acids is 2. The number of amides is 2. The summed E-state index contributed by atoms with van der Waals surface area (Å²) < 4.78 is 5.13. The summed E-state index contributed by atoms with van der Waals surface area (Å²) in [6, 6.07) is 4.48. The average Bonchev–Trinajstić information content (AvgIpc) is 2.27. The van der Waals surface area contributed by atoms with Gasteiger partial charge in [-0.15, -0.1) is 0 Å². The van der Waals surface area contributed by atoms with Crippen molar-refractivity contribution in [1.29, 1.82) is 0 Å². The van der Waals surface area contributed by atoms with E-state index in [1.807, 2.05) is 0 Å². The fourth-order valence-electron chi connectivity index (χ4n) is 1.65. The van der Waals surface area contributed by atoms with Gasteiger partial charge in [-0.25, -0.2) is 4.90 Å². The number of nitrogen functional groups attached to an aromatic ring is 1. The quantitative estimate of drug-likeness (QED) is 0.564.